The first kappa shape index (κ1) is 15.3. The molecular weight excluding hydrogens is 248 g/mol. The van der Waals surface area contributed by atoms with Gasteiger partial charge in [-0.25, -0.2) is 0 Å². The molecule has 1 fully saturated rings. The number of nitrogens with zero attached hydrogens (tertiary/aromatic N) is 1. The predicted octanol–water partition coefficient (Wildman–Crippen LogP) is 2.78. The third-order valence-corrected chi connectivity index (χ3v) is 4.05. The average Bonchev–Trinajstić information content (AvgIpc) is 2.85. The van der Waals surface area contributed by atoms with Crippen molar-refractivity contribution in [3.05, 3.63) is 29.8 Å². The molecule has 1 saturated heterocycles. The fourth-order valence-electron chi connectivity index (χ4n) is 2.73. The van der Waals surface area contributed by atoms with Crippen LogP contribution in [0.15, 0.2) is 24.3 Å². The Morgan fingerprint density at radius 2 is 2.05 bits per heavy atom. The molecule has 3 heteroatoms. The second-order valence-electron chi connectivity index (χ2n) is 6.97. The summed E-state index contributed by atoms with van der Waals surface area (Å²) in [7, 11) is 0. The molecule has 1 aromatic carbocycles. The zero-order chi connectivity index (χ0) is 14.8. The summed E-state index contributed by atoms with van der Waals surface area (Å²) in [4.78, 5) is 2.41. The Kier molecular flexibility index (Phi) is 4.71. The fourth-order valence-corrected chi connectivity index (χ4v) is 2.73. The van der Waals surface area contributed by atoms with Crippen molar-refractivity contribution < 1.29 is 5.11 Å². The van der Waals surface area contributed by atoms with Gasteiger partial charge in [-0.1, -0.05) is 18.2 Å². The molecule has 2 rings (SSSR count). The summed E-state index contributed by atoms with van der Waals surface area (Å²) < 4.78 is 0. The van der Waals surface area contributed by atoms with Gasteiger partial charge in [-0.2, -0.15) is 0 Å². The smallest absolute Gasteiger partial charge is 0.0557 e. The first-order valence-corrected chi connectivity index (χ1v) is 7.63. The van der Waals surface area contributed by atoms with E-state index in [4.69, 9.17) is 0 Å². The van der Waals surface area contributed by atoms with Gasteiger partial charge in [0.15, 0.2) is 0 Å². The molecule has 112 valence electrons. The van der Waals surface area contributed by atoms with Gasteiger partial charge in [-0.3, -0.25) is 0 Å². The zero-order valence-electron chi connectivity index (χ0n) is 13.2. The Bertz CT molecular complexity index is 437. The quantitative estimate of drug-likeness (QED) is 0.887. The number of para-hydroxylation sites is 1. The summed E-state index contributed by atoms with van der Waals surface area (Å²) in [5, 5.41) is 13.3. The molecule has 1 aromatic rings. The standard InChI is InChI=1S/C17H28N2O/c1-13(20)15-9-10-19(12-15)16-8-6-5-7-14(16)11-18-17(2,3)4/h5-8,13,15,18,20H,9-12H2,1-4H3. The van der Waals surface area contributed by atoms with Crippen molar-refractivity contribution in [3.8, 4) is 0 Å². The van der Waals surface area contributed by atoms with E-state index in [0.29, 0.717) is 5.92 Å². The maximum atomic E-state index is 9.76. The summed E-state index contributed by atoms with van der Waals surface area (Å²) >= 11 is 0. The largest absolute Gasteiger partial charge is 0.393 e. The van der Waals surface area contributed by atoms with Crippen molar-refractivity contribution in [1.29, 1.82) is 0 Å². The van der Waals surface area contributed by atoms with Crippen LogP contribution in [0, 0.1) is 5.92 Å². The minimum absolute atomic E-state index is 0.125. The van der Waals surface area contributed by atoms with Crippen LogP contribution in [0.4, 0.5) is 5.69 Å². The number of hydrogen-bond donors (Lipinski definition) is 2. The molecule has 3 nitrogen and oxygen atoms in total. The van der Waals surface area contributed by atoms with Crippen LogP contribution in [0.5, 0.6) is 0 Å². The van der Waals surface area contributed by atoms with E-state index in [2.05, 4.69) is 55.3 Å². The Morgan fingerprint density at radius 3 is 2.65 bits per heavy atom. The van der Waals surface area contributed by atoms with Crippen LogP contribution < -0.4 is 10.2 Å². The molecule has 0 saturated carbocycles. The number of hydrogen-bond acceptors (Lipinski definition) is 3. The number of rotatable bonds is 4. The second kappa shape index (κ2) is 6.15. The normalized spacial score (nSPS) is 21.2. The summed E-state index contributed by atoms with van der Waals surface area (Å²) in [6.45, 7) is 11.4. The van der Waals surface area contributed by atoms with Crippen molar-refractivity contribution in [3.63, 3.8) is 0 Å². The third kappa shape index (κ3) is 3.97. The van der Waals surface area contributed by atoms with Crippen molar-refractivity contribution >= 4 is 5.69 Å². The lowest BCUT2D eigenvalue weighted by atomic mass is 10.0. The predicted molar refractivity (Wildman–Crippen MR) is 85.0 cm³/mol. The fraction of sp³-hybridized carbons (Fsp3) is 0.647. The highest BCUT2D eigenvalue weighted by atomic mass is 16.3. The minimum atomic E-state index is -0.208. The maximum absolute atomic E-state index is 9.76. The lowest BCUT2D eigenvalue weighted by Gasteiger charge is -2.26. The van der Waals surface area contributed by atoms with Crippen molar-refractivity contribution in [2.24, 2.45) is 5.92 Å². The van der Waals surface area contributed by atoms with Gasteiger partial charge < -0.3 is 15.3 Å². The number of aliphatic hydroxyl groups excluding tert-OH is 1. The van der Waals surface area contributed by atoms with Gasteiger partial charge in [0.1, 0.15) is 0 Å². The molecule has 0 spiro atoms. The van der Waals surface area contributed by atoms with Crippen LogP contribution in [0.3, 0.4) is 0 Å². The third-order valence-electron chi connectivity index (χ3n) is 4.05. The molecule has 0 amide bonds. The van der Waals surface area contributed by atoms with Crippen molar-refractivity contribution in [2.45, 2.75) is 52.3 Å². The van der Waals surface area contributed by atoms with Crippen LogP contribution in [-0.2, 0) is 6.54 Å². The van der Waals surface area contributed by atoms with E-state index in [1.54, 1.807) is 0 Å². The SMILES string of the molecule is CC(O)C1CCN(c2ccccc2CNC(C)(C)C)C1. The van der Waals surface area contributed by atoms with Gasteiger partial charge >= 0.3 is 0 Å². The van der Waals surface area contributed by atoms with Crippen LogP contribution in [0.2, 0.25) is 0 Å². The lowest BCUT2D eigenvalue weighted by molar-refractivity contribution is 0.136. The first-order chi connectivity index (χ1) is 9.37. The first-order valence-electron chi connectivity index (χ1n) is 7.63. The minimum Gasteiger partial charge on any atom is -0.393 e. The Balaban J connectivity index is 2.08. The molecule has 0 bridgehead atoms. The lowest BCUT2D eigenvalue weighted by Crippen LogP contribution is -2.35. The van der Waals surface area contributed by atoms with Crippen molar-refractivity contribution in [2.75, 3.05) is 18.0 Å². The van der Waals surface area contributed by atoms with Crippen molar-refractivity contribution in [1.82, 2.24) is 5.32 Å². The van der Waals surface area contributed by atoms with Gasteiger partial charge in [-0.15, -0.1) is 0 Å². The molecule has 0 radical (unpaired) electrons. The van der Waals surface area contributed by atoms with E-state index < -0.39 is 0 Å². The molecule has 0 aromatic heterocycles. The molecule has 1 heterocycles. The van der Waals surface area contributed by atoms with Gasteiger partial charge in [-0.05, 0) is 45.7 Å². The Hall–Kier alpha value is -1.06. The molecule has 20 heavy (non-hydrogen) atoms. The van der Waals surface area contributed by atoms with Gasteiger partial charge in [0.25, 0.3) is 0 Å². The molecule has 1 aliphatic heterocycles. The monoisotopic (exact) mass is 276 g/mol. The zero-order valence-corrected chi connectivity index (χ0v) is 13.2. The van der Waals surface area contributed by atoms with Crippen LogP contribution in [0.25, 0.3) is 0 Å². The summed E-state index contributed by atoms with van der Waals surface area (Å²) in [6, 6.07) is 8.60. The molecule has 2 N–H and O–H groups in total. The molecule has 1 aliphatic rings. The summed E-state index contributed by atoms with van der Waals surface area (Å²) in [5.41, 5.74) is 2.78. The van der Waals surface area contributed by atoms with E-state index in [-0.39, 0.29) is 11.6 Å². The number of nitrogens with one attached hydrogen (secondary N) is 1. The molecule has 2 unspecified atom stereocenters. The Labute approximate surface area is 123 Å². The molecule has 2 atom stereocenters. The highest BCUT2D eigenvalue weighted by Gasteiger charge is 2.27. The van der Waals surface area contributed by atoms with E-state index in [1.165, 1.54) is 11.3 Å². The summed E-state index contributed by atoms with van der Waals surface area (Å²) in [5.74, 6) is 0.402. The van der Waals surface area contributed by atoms with Crippen LogP contribution in [0.1, 0.15) is 39.7 Å². The van der Waals surface area contributed by atoms with E-state index in [9.17, 15) is 5.11 Å². The van der Waals surface area contributed by atoms with E-state index in [1.807, 2.05) is 6.92 Å². The highest BCUT2D eigenvalue weighted by molar-refractivity contribution is 5.54. The highest BCUT2D eigenvalue weighted by Crippen LogP contribution is 2.28. The van der Waals surface area contributed by atoms with Gasteiger partial charge in [0.05, 0.1) is 6.10 Å². The van der Waals surface area contributed by atoms with Crippen LogP contribution in [-0.4, -0.2) is 29.8 Å². The second-order valence-corrected chi connectivity index (χ2v) is 6.97. The van der Waals surface area contributed by atoms with Crippen LogP contribution >= 0.6 is 0 Å². The molecule has 0 aliphatic carbocycles. The molecular formula is C17H28N2O. The maximum Gasteiger partial charge on any atom is 0.0557 e. The number of anilines is 1. The van der Waals surface area contributed by atoms with Gasteiger partial charge in [0.2, 0.25) is 0 Å². The topological polar surface area (TPSA) is 35.5 Å². The van der Waals surface area contributed by atoms with E-state index in [0.717, 1.165) is 26.1 Å². The number of aliphatic hydroxyl groups is 1. The number of benzene rings is 1. The Morgan fingerprint density at radius 1 is 1.35 bits per heavy atom. The average molecular weight is 276 g/mol. The van der Waals surface area contributed by atoms with E-state index >= 15 is 0 Å². The summed E-state index contributed by atoms with van der Waals surface area (Å²) in [6.07, 6.45) is 0.874. The van der Waals surface area contributed by atoms with Gasteiger partial charge in [0, 0.05) is 36.8 Å².